The summed E-state index contributed by atoms with van der Waals surface area (Å²) < 4.78 is 0. The van der Waals surface area contributed by atoms with Crippen LogP contribution in [-0.4, -0.2) is 37.5 Å². The topological polar surface area (TPSA) is 23.6 Å². The molecule has 19 heavy (non-hydrogen) atoms. The molecule has 0 radical (unpaired) electrons. The highest BCUT2D eigenvalue weighted by molar-refractivity contribution is 5.95. The normalized spacial score (nSPS) is 19.4. The number of likely N-dealkylation sites (tertiary alicyclic amines) is 1. The molecule has 1 aliphatic rings. The van der Waals surface area contributed by atoms with Crippen LogP contribution in [0.3, 0.4) is 0 Å². The minimum Gasteiger partial charge on any atom is -0.377 e. The Morgan fingerprint density at radius 3 is 2.63 bits per heavy atom. The lowest BCUT2D eigenvalue weighted by Gasteiger charge is -2.33. The van der Waals surface area contributed by atoms with Crippen LogP contribution in [0.2, 0.25) is 0 Å². The fourth-order valence-electron chi connectivity index (χ4n) is 2.86. The van der Waals surface area contributed by atoms with E-state index in [0.717, 1.165) is 30.5 Å². The molecule has 0 bridgehead atoms. The highest BCUT2D eigenvalue weighted by Gasteiger charge is 2.24. The summed E-state index contributed by atoms with van der Waals surface area (Å²) in [5.41, 5.74) is 3.14. The number of nitrogens with zero attached hydrogens (tertiary/aromatic N) is 2. The van der Waals surface area contributed by atoms with Crippen LogP contribution in [0.25, 0.3) is 0 Å². The Morgan fingerprint density at radius 2 is 2.05 bits per heavy atom. The minimum atomic E-state index is 0.181. The van der Waals surface area contributed by atoms with Crippen LogP contribution in [0.1, 0.15) is 42.1 Å². The first-order valence-electron chi connectivity index (χ1n) is 7.09. The van der Waals surface area contributed by atoms with E-state index < -0.39 is 0 Å². The predicted octanol–water partition coefficient (Wildman–Crippen LogP) is 3.08. The van der Waals surface area contributed by atoms with Crippen LogP contribution in [0.4, 0.5) is 5.69 Å². The number of piperidine rings is 1. The summed E-state index contributed by atoms with van der Waals surface area (Å²) in [6.07, 6.45) is 3.49. The van der Waals surface area contributed by atoms with Crippen molar-refractivity contribution in [1.29, 1.82) is 0 Å². The van der Waals surface area contributed by atoms with E-state index in [2.05, 4.69) is 18.7 Å². The molecule has 3 heteroatoms. The largest absolute Gasteiger partial charge is 0.377 e. The second kappa shape index (κ2) is 5.64. The minimum absolute atomic E-state index is 0.181. The molecule has 1 fully saturated rings. The van der Waals surface area contributed by atoms with Gasteiger partial charge in [0.15, 0.2) is 0 Å². The third-order valence-corrected chi connectivity index (χ3v) is 3.99. The molecule has 1 saturated heterocycles. The van der Waals surface area contributed by atoms with E-state index in [1.54, 1.807) is 0 Å². The van der Waals surface area contributed by atoms with Gasteiger partial charge in [-0.25, -0.2) is 0 Å². The van der Waals surface area contributed by atoms with E-state index in [4.69, 9.17) is 0 Å². The van der Waals surface area contributed by atoms with Gasteiger partial charge in [-0.05, 0) is 56.9 Å². The fraction of sp³-hybridized carbons (Fsp3) is 0.562. The molecule has 2 rings (SSSR count). The summed E-state index contributed by atoms with van der Waals surface area (Å²) in [6, 6.07) is 6.37. The van der Waals surface area contributed by atoms with Crippen LogP contribution in [0.5, 0.6) is 0 Å². The second-order valence-corrected chi connectivity index (χ2v) is 5.74. The molecule has 0 aliphatic carbocycles. The summed E-state index contributed by atoms with van der Waals surface area (Å²) in [4.78, 5) is 16.7. The van der Waals surface area contributed by atoms with E-state index in [1.807, 2.05) is 37.2 Å². The first-order chi connectivity index (χ1) is 9.00. The zero-order valence-corrected chi connectivity index (χ0v) is 12.4. The summed E-state index contributed by atoms with van der Waals surface area (Å²) >= 11 is 0. The van der Waals surface area contributed by atoms with Gasteiger partial charge in [0.05, 0.1) is 0 Å². The number of carbonyl (C=O) groups is 1. The number of anilines is 1. The van der Waals surface area contributed by atoms with Gasteiger partial charge in [0.1, 0.15) is 0 Å². The highest BCUT2D eigenvalue weighted by Crippen LogP contribution is 2.23. The maximum atomic E-state index is 12.6. The molecule has 0 N–H and O–H groups in total. The Balaban J connectivity index is 2.22. The van der Waals surface area contributed by atoms with Crippen LogP contribution in [0, 0.1) is 6.92 Å². The van der Waals surface area contributed by atoms with Gasteiger partial charge in [0.25, 0.3) is 5.91 Å². The van der Waals surface area contributed by atoms with Crippen molar-refractivity contribution in [2.75, 3.05) is 25.5 Å². The molecule has 1 amide bonds. The molecule has 1 heterocycles. The summed E-state index contributed by atoms with van der Waals surface area (Å²) in [5.74, 6) is 0.181. The molecule has 1 unspecified atom stereocenters. The molecule has 1 aromatic carbocycles. The maximum absolute atomic E-state index is 12.6. The summed E-state index contributed by atoms with van der Waals surface area (Å²) in [7, 11) is 4.05. The van der Waals surface area contributed by atoms with Gasteiger partial charge in [0, 0.05) is 37.9 Å². The first-order valence-corrected chi connectivity index (χ1v) is 7.09. The van der Waals surface area contributed by atoms with Crippen molar-refractivity contribution >= 4 is 11.6 Å². The SMILES string of the molecule is Cc1cc(C(=O)N2CCCCC2C)ccc1N(C)C. The van der Waals surface area contributed by atoms with Gasteiger partial charge in [-0.2, -0.15) is 0 Å². The van der Waals surface area contributed by atoms with Gasteiger partial charge in [0.2, 0.25) is 0 Å². The van der Waals surface area contributed by atoms with Crippen molar-refractivity contribution < 1.29 is 4.79 Å². The van der Waals surface area contributed by atoms with Crippen molar-refractivity contribution in [2.24, 2.45) is 0 Å². The predicted molar refractivity (Wildman–Crippen MR) is 79.9 cm³/mol. The van der Waals surface area contributed by atoms with E-state index in [1.165, 1.54) is 12.1 Å². The monoisotopic (exact) mass is 260 g/mol. The number of benzene rings is 1. The lowest BCUT2D eigenvalue weighted by molar-refractivity contribution is 0.0635. The van der Waals surface area contributed by atoms with Crippen molar-refractivity contribution in [3.05, 3.63) is 29.3 Å². The van der Waals surface area contributed by atoms with Crippen LogP contribution in [-0.2, 0) is 0 Å². The molecular weight excluding hydrogens is 236 g/mol. The highest BCUT2D eigenvalue weighted by atomic mass is 16.2. The van der Waals surface area contributed by atoms with E-state index in [0.29, 0.717) is 6.04 Å². The zero-order valence-electron chi connectivity index (χ0n) is 12.4. The molecule has 1 aromatic rings. The third kappa shape index (κ3) is 2.91. The molecule has 1 aliphatic heterocycles. The van der Waals surface area contributed by atoms with E-state index in [9.17, 15) is 4.79 Å². The molecule has 3 nitrogen and oxygen atoms in total. The molecule has 0 spiro atoms. The first kappa shape index (κ1) is 13.9. The Kier molecular flexibility index (Phi) is 4.13. The number of rotatable bonds is 2. The quantitative estimate of drug-likeness (QED) is 0.816. The second-order valence-electron chi connectivity index (χ2n) is 5.74. The number of hydrogen-bond donors (Lipinski definition) is 0. The van der Waals surface area contributed by atoms with Gasteiger partial charge in [-0.1, -0.05) is 0 Å². The zero-order chi connectivity index (χ0) is 14.0. The third-order valence-electron chi connectivity index (χ3n) is 3.99. The van der Waals surface area contributed by atoms with Crippen LogP contribution < -0.4 is 4.90 Å². The average molecular weight is 260 g/mol. The standard InChI is InChI=1S/C16H24N2O/c1-12-11-14(8-9-15(12)17(3)4)16(19)18-10-6-5-7-13(18)2/h8-9,11,13H,5-7,10H2,1-4H3. The molecule has 104 valence electrons. The van der Waals surface area contributed by atoms with Gasteiger partial charge >= 0.3 is 0 Å². The van der Waals surface area contributed by atoms with E-state index >= 15 is 0 Å². The Morgan fingerprint density at radius 1 is 1.32 bits per heavy atom. The Bertz CT molecular complexity index is 468. The fourth-order valence-corrected chi connectivity index (χ4v) is 2.86. The van der Waals surface area contributed by atoms with E-state index in [-0.39, 0.29) is 5.91 Å². The Labute approximate surface area is 116 Å². The number of aryl methyl sites for hydroxylation is 1. The molecule has 0 aromatic heterocycles. The lowest BCUT2D eigenvalue weighted by atomic mass is 10.0. The van der Waals surface area contributed by atoms with Crippen LogP contribution >= 0.6 is 0 Å². The summed E-state index contributed by atoms with van der Waals surface area (Å²) in [6.45, 7) is 5.11. The number of amides is 1. The van der Waals surface area contributed by atoms with Gasteiger partial charge < -0.3 is 9.80 Å². The van der Waals surface area contributed by atoms with Crippen molar-refractivity contribution in [3.63, 3.8) is 0 Å². The molecular formula is C16H24N2O. The van der Waals surface area contributed by atoms with Crippen molar-refractivity contribution in [3.8, 4) is 0 Å². The number of hydrogen-bond acceptors (Lipinski definition) is 2. The summed E-state index contributed by atoms with van der Waals surface area (Å²) in [5, 5.41) is 0. The average Bonchev–Trinajstić information content (AvgIpc) is 2.38. The van der Waals surface area contributed by atoms with Crippen LogP contribution in [0.15, 0.2) is 18.2 Å². The van der Waals surface area contributed by atoms with Crippen molar-refractivity contribution in [2.45, 2.75) is 39.2 Å². The molecule has 0 saturated carbocycles. The van der Waals surface area contributed by atoms with Gasteiger partial charge in [-0.3, -0.25) is 4.79 Å². The van der Waals surface area contributed by atoms with Crippen molar-refractivity contribution in [1.82, 2.24) is 4.90 Å². The molecule has 1 atom stereocenters. The lowest BCUT2D eigenvalue weighted by Crippen LogP contribution is -2.42. The smallest absolute Gasteiger partial charge is 0.254 e. The Hall–Kier alpha value is -1.51. The maximum Gasteiger partial charge on any atom is 0.254 e. The van der Waals surface area contributed by atoms with Gasteiger partial charge in [-0.15, -0.1) is 0 Å². The number of carbonyl (C=O) groups excluding carboxylic acids is 1.